The third-order valence-electron chi connectivity index (χ3n) is 2.96. The Labute approximate surface area is 99.6 Å². The van der Waals surface area contributed by atoms with Crippen molar-refractivity contribution in [2.75, 3.05) is 19.7 Å². The van der Waals surface area contributed by atoms with Gasteiger partial charge in [0.1, 0.15) is 5.82 Å². The van der Waals surface area contributed by atoms with Crippen LogP contribution in [0.25, 0.3) is 11.2 Å². The summed E-state index contributed by atoms with van der Waals surface area (Å²) in [6, 6.07) is 4.01. The van der Waals surface area contributed by atoms with Gasteiger partial charge in [-0.2, -0.15) is 0 Å². The average molecular weight is 232 g/mol. The second kappa shape index (κ2) is 4.43. The quantitative estimate of drug-likeness (QED) is 0.804. The van der Waals surface area contributed by atoms with Crippen LogP contribution in [0.4, 0.5) is 0 Å². The summed E-state index contributed by atoms with van der Waals surface area (Å²) in [7, 11) is 0. The summed E-state index contributed by atoms with van der Waals surface area (Å²) < 4.78 is 5.66. The molecule has 5 heteroatoms. The van der Waals surface area contributed by atoms with Gasteiger partial charge in [0.25, 0.3) is 0 Å². The highest BCUT2D eigenvalue weighted by molar-refractivity contribution is 5.70. The van der Waals surface area contributed by atoms with Gasteiger partial charge in [-0.15, -0.1) is 0 Å². The first-order valence-corrected chi connectivity index (χ1v) is 5.96. The van der Waals surface area contributed by atoms with Gasteiger partial charge in [0.2, 0.25) is 0 Å². The predicted octanol–water partition coefficient (Wildman–Crippen LogP) is 0.797. The Morgan fingerprint density at radius 3 is 3.18 bits per heavy atom. The van der Waals surface area contributed by atoms with Crippen LogP contribution in [0.2, 0.25) is 0 Å². The van der Waals surface area contributed by atoms with E-state index in [1.807, 2.05) is 19.1 Å². The Hall–Kier alpha value is -1.46. The van der Waals surface area contributed by atoms with Gasteiger partial charge in [-0.05, 0) is 19.1 Å². The molecule has 5 nitrogen and oxygen atoms in total. The third kappa shape index (κ3) is 2.30. The summed E-state index contributed by atoms with van der Waals surface area (Å²) in [5, 5.41) is 3.32. The van der Waals surface area contributed by atoms with E-state index in [4.69, 9.17) is 4.74 Å². The number of rotatable bonds is 2. The van der Waals surface area contributed by atoms with Crippen molar-refractivity contribution in [3.05, 3.63) is 23.7 Å². The van der Waals surface area contributed by atoms with E-state index in [1.54, 1.807) is 0 Å². The Morgan fingerprint density at radius 2 is 2.35 bits per heavy atom. The molecule has 1 unspecified atom stereocenters. The molecule has 2 N–H and O–H groups in total. The van der Waals surface area contributed by atoms with Crippen molar-refractivity contribution < 1.29 is 4.74 Å². The zero-order chi connectivity index (χ0) is 11.7. The van der Waals surface area contributed by atoms with E-state index in [0.717, 1.165) is 48.8 Å². The summed E-state index contributed by atoms with van der Waals surface area (Å²) in [4.78, 5) is 12.2. The maximum Gasteiger partial charge on any atom is 0.177 e. The lowest BCUT2D eigenvalue weighted by molar-refractivity contribution is 0.0282. The largest absolute Gasteiger partial charge is 0.375 e. The first-order valence-electron chi connectivity index (χ1n) is 5.96. The van der Waals surface area contributed by atoms with Gasteiger partial charge in [-0.1, -0.05) is 0 Å². The molecule has 0 radical (unpaired) electrons. The van der Waals surface area contributed by atoms with Crippen molar-refractivity contribution in [2.45, 2.75) is 19.4 Å². The highest BCUT2D eigenvalue weighted by Gasteiger charge is 2.16. The van der Waals surface area contributed by atoms with Gasteiger partial charge >= 0.3 is 0 Å². The molecule has 0 aromatic carbocycles. The summed E-state index contributed by atoms with van der Waals surface area (Å²) >= 11 is 0. The zero-order valence-electron chi connectivity index (χ0n) is 9.86. The standard InChI is InChI=1S/C12H16N4O/c1-8-2-3-10-12(14-8)16-11(15-10)6-9-7-13-4-5-17-9/h2-3,9,13H,4-7H2,1H3,(H,14,15,16). The minimum atomic E-state index is 0.213. The van der Waals surface area contributed by atoms with E-state index < -0.39 is 0 Å². The van der Waals surface area contributed by atoms with Crippen molar-refractivity contribution in [3.63, 3.8) is 0 Å². The van der Waals surface area contributed by atoms with Gasteiger partial charge < -0.3 is 15.0 Å². The lowest BCUT2D eigenvalue weighted by Crippen LogP contribution is -2.39. The monoisotopic (exact) mass is 232 g/mol. The molecule has 0 amide bonds. The van der Waals surface area contributed by atoms with E-state index in [2.05, 4.69) is 20.3 Å². The Bertz CT molecular complexity index is 516. The first kappa shape index (κ1) is 10.7. The number of ether oxygens (including phenoxy) is 1. The van der Waals surface area contributed by atoms with Gasteiger partial charge in [0.15, 0.2) is 5.65 Å². The lowest BCUT2D eigenvalue weighted by atomic mass is 10.2. The highest BCUT2D eigenvalue weighted by Crippen LogP contribution is 2.12. The highest BCUT2D eigenvalue weighted by atomic mass is 16.5. The van der Waals surface area contributed by atoms with Crippen LogP contribution in [-0.4, -0.2) is 40.8 Å². The molecule has 1 saturated heterocycles. The molecule has 0 bridgehead atoms. The molecule has 0 saturated carbocycles. The zero-order valence-corrected chi connectivity index (χ0v) is 9.86. The Balaban J connectivity index is 1.80. The molecule has 17 heavy (non-hydrogen) atoms. The maximum atomic E-state index is 5.66. The number of hydrogen-bond donors (Lipinski definition) is 2. The minimum Gasteiger partial charge on any atom is -0.375 e. The smallest absolute Gasteiger partial charge is 0.177 e. The molecular weight excluding hydrogens is 216 g/mol. The summed E-state index contributed by atoms with van der Waals surface area (Å²) in [5.74, 6) is 0.951. The molecule has 1 fully saturated rings. The normalized spacial score (nSPS) is 20.9. The number of aromatic nitrogens is 3. The van der Waals surface area contributed by atoms with Gasteiger partial charge in [-0.3, -0.25) is 0 Å². The number of imidazole rings is 1. The Kier molecular flexibility index (Phi) is 2.78. The summed E-state index contributed by atoms with van der Waals surface area (Å²) in [6.07, 6.45) is 1.02. The van der Waals surface area contributed by atoms with Crippen molar-refractivity contribution in [1.82, 2.24) is 20.3 Å². The van der Waals surface area contributed by atoms with Crippen LogP contribution < -0.4 is 5.32 Å². The molecule has 1 aliphatic heterocycles. The van der Waals surface area contributed by atoms with E-state index >= 15 is 0 Å². The number of pyridine rings is 1. The van der Waals surface area contributed by atoms with E-state index in [-0.39, 0.29) is 6.10 Å². The molecule has 2 aromatic rings. The number of fused-ring (bicyclic) bond motifs is 1. The number of aromatic amines is 1. The SMILES string of the molecule is Cc1ccc2[nH]c(CC3CNCCO3)nc2n1. The number of H-pyrrole nitrogens is 1. The van der Waals surface area contributed by atoms with Crippen LogP contribution in [0.5, 0.6) is 0 Å². The van der Waals surface area contributed by atoms with Crippen LogP contribution in [-0.2, 0) is 11.2 Å². The fraction of sp³-hybridized carbons (Fsp3) is 0.500. The Morgan fingerprint density at radius 1 is 1.41 bits per heavy atom. The number of morpholine rings is 1. The molecule has 1 atom stereocenters. The summed E-state index contributed by atoms with van der Waals surface area (Å²) in [6.45, 7) is 4.59. The summed E-state index contributed by atoms with van der Waals surface area (Å²) in [5.41, 5.74) is 2.78. The molecule has 2 aromatic heterocycles. The fourth-order valence-corrected chi connectivity index (χ4v) is 2.10. The molecule has 0 spiro atoms. The van der Waals surface area contributed by atoms with Crippen LogP contribution in [0, 0.1) is 6.92 Å². The molecule has 3 rings (SSSR count). The lowest BCUT2D eigenvalue weighted by Gasteiger charge is -2.22. The number of aryl methyl sites for hydroxylation is 1. The second-order valence-corrected chi connectivity index (χ2v) is 4.41. The maximum absolute atomic E-state index is 5.66. The predicted molar refractivity (Wildman–Crippen MR) is 64.9 cm³/mol. The van der Waals surface area contributed by atoms with E-state index in [0.29, 0.717) is 0 Å². The molecule has 90 valence electrons. The van der Waals surface area contributed by atoms with Gasteiger partial charge in [0, 0.05) is 25.2 Å². The van der Waals surface area contributed by atoms with Crippen molar-refractivity contribution in [1.29, 1.82) is 0 Å². The van der Waals surface area contributed by atoms with Gasteiger partial charge in [0.05, 0.1) is 18.2 Å². The first-order chi connectivity index (χ1) is 8.31. The van der Waals surface area contributed by atoms with Crippen LogP contribution in [0.1, 0.15) is 11.5 Å². The third-order valence-corrected chi connectivity index (χ3v) is 2.96. The number of nitrogens with zero attached hydrogens (tertiary/aromatic N) is 2. The number of nitrogens with one attached hydrogen (secondary N) is 2. The topological polar surface area (TPSA) is 62.8 Å². The van der Waals surface area contributed by atoms with Gasteiger partial charge in [-0.25, -0.2) is 9.97 Å². The van der Waals surface area contributed by atoms with Crippen LogP contribution in [0.15, 0.2) is 12.1 Å². The molecular formula is C12H16N4O. The average Bonchev–Trinajstić information content (AvgIpc) is 2.71. The molecule has 0 aliphatic carbocycles. The van der Waals surface area contributed by atoms with Crippen molar-refractivity contribution >= 4 is 11.2 Å². The van der Waals surface area contributed by atoms with Crippen LogP contribution in [0.3, 0.4) is 0 Å². The molecule has 3 heterocycles. The van der Waals surface area contributed by atoms with Crippen molar-refractivity contribution in [3.8, 4) is 0 Å². The number of hydrogen-bond acceptors (Lipinski definition) is 4. The second-order valence-electron chi connectivity index (χ2n) is 4.41. The van der Waals surface area contributed by atoms with Crippen molar-refractivity contribution in [2.24, 2.45) is 0 Å². The molecule has 1 aliphatic rings. The van der Waals surface area contributed by atoms with Crippen LogP contribution >= 0.6 is 0 Å². The fourth-order valence-electron chi connectivity index (χ4n) is 2.10. The van der Waals surface area contributed by atoms with E-state index in [1.165, 1.54) is 0 Å². The minimum absolute atomic E-state index is 0.213. The van der Waals surface area contributed by atoms with E-state index in [9.17, 15) is 0 Å².